The van der Waals surface area contributed by atoms with E-state index in [0.717, 1.165) is 18.3 Å². The molecule has 2 saturated heterocycles. The van der Waals surface area contributed by atoms with Crippen LogP contribution in [0, 0.1) is 0 Å². The lowest BCUT2D eigenvalue weighted by atomic mass is 10.2. The van der Waals surface area contributed by atoms with Crippen molar-refractivity contribution in [2.24, 2.45) is 0 Å². The molecule has 2 aliphatic rings. The SMILES string of the molecule is O=C1CC2OC(CCBr)CN12. The molecule has 11 heavy (non-hydrogen) atoms. The molecule has 0 aromatic rings. The van der Waals surface area contributed by atoms with Gasteiger partial charge in [0.25, 0.3) is 0 Å². The van der Waals surface area contributed by atoms with Gasteiger partial charge in [0.2, 0.25) is 5.91 Å². The number of amides is 1. The van der Waals surface area contributed by atoms with Crippen LogP contribution >= 0.6 is 15.9 Å². The average molecular weight is 220 g/mol. The fourth-order valence-electron chi connectivity index (χ4n) is 1.53. The minimum absolute atomic E-state index is 0.117. The maximum Gasteiger partial charge on any atom is 0.229 e. The highest BCUT2D eigenvalue weighted by Crippen LogP contribution is 2.29. The Balaban J connectivity index is 1.88. The molecule has 3 nitrogen and oxygen atoms in total. The molecule has 2 fully saturated rings. The van der Waals surface area contributed by atoms with Crippen molar-refractivity contribution in [1.82, 2.24) is 4.90 Å². The second kappa shape index (κ2) is 2.75. The highest BCUT2D eigenvalue weighted by atomic mass is 79.9. The number of carbonyl (C=O) groups is 1. The van der Waals surface area contributed by atoms with Gasteiger partial charge in [-0.1, -0.05) is 15.9 Å². The zero-order chi connectivity index (χ0) is 7.84. The molecule has 2 rings (SSSR count). The summed E-state index contributed by atoms with van der Waals surface area (Å²) < 4.78 is 5.55. The number of hydrogen-bond acceptors (Lipinski definition) is 2. The molecule has 0 saturated carbocycles. The Morgan fingerprint density at radius 2 is 2.55 bits per heavy atom. The number of rotatable bonds is 2. The third-order valence-electron chi connectivity index (χ3n) is 2.20. The van der Waals surface area contributed by atoms with E-state index in [1.807, 2.05) is 4.90 Å². The zero-order valence-electron chi connectivity index (χ0n) is 6.12. The molecule has 0 aromatic carbocycles. The van der Waals surface area contributed by atoms with Crippen LogP contribution in [-0.4, -0.2) is 35.0 Å². The van der Waals surface area contributed by atoms with Gasteiger partial charge in [-0.25, -0.2) is 0 Å². The number of β-lactam (4-membered cyclic amide) rings is 1. The number of nitrogens with zero attached hydrogens (tertiary/aromatic N) is 1. The van der Waals surface area contributed by atoms with Crippen molar-refractivity contribution in [3.63, 3.8) is 0 Å². The van der Waals surface area contributed by atoms with Crippen molar-refractivity contribution < 1.29 is 9.53 Å². The van der Waals surface area contributed by atoms with Crippen molar-refractivity contribution in [2.75, 3.05) is 11.9 Å². The molecule has 0 spiro atoms. The Morgan fingerprint density at radius 3 is 3.09 bits per heavy atom. The molecule has 2 atom stereocenters. The second-order valence-corrected chi connectivity index (χ2v) is 3.73. The van der Waals surface area contributed by atoms with E-state index in [-0.39, 0.29) is 18.2 Å². The molecule has 62 valence electrons. The molecular formula is C7H10BrNO2. The Labute approximate surface area is 73.8 Å². The smallest absolute Gasteiger partial charge is 0.229 e. The first-order chi connectivity index (χ1) is 5.31. The van der Waals surface area contributed by atoms with Gasteiger partial charge in [-0.2, -0.15) is 0 Å². The fourth-order valence-corrected chi connectivity index (χ4v) is 2.04. The van der Waals surface area contributed by atoms with E-state index in [4.69, 9.17) is 4.74 Å². The predicted octanol–water partition coefficient (Wildman–Crippen LogP) is 0.729. The quantitative estimate of drug-likeness (QED) is 0.507. The van der Waals surface area contributed by atoms with E-state index in [9.17, 15) is 4.79 Å². The van der Waals surface area contributed by atoms with Gasteiger partial charge in [-0.15, -0.1) is 0 Å². The first kappa shape index (κ1) is 7.55. The molecule has 0 aromatic heterocycles. The summed E-state index contributed by atoms with van der Waals surface area (Å²) >= 11 is 3.35. The summed E-state index contributed by atoms with van der Waals surface area (Å²) in [5.41, 5.74) is 0. The summed E-state index contributed by atoms with van der Waals surface area (Å²) in [6, 6.07) is 0. The molecule has 0 radical (unpaired) electrons. The Kier molecular flexibility index (Phi) is 1.89. The Hall–Kier alpha value is -0.0900. The normalized spacial score (nSPS) is 35.4. The van der Waals surface area contributed by atoms with Crippen LogP contribution < -0.4 is 0 Å². The van der Waals surface area contributed by atoms with Gasteiger partial charge in [-0.3, -0.25) is 4.79 Å². The highest BCUT2D eigenvalue weighted by molar-refractivity contribution is 9.09. The molecule has 2 heterocycles. The van der Waals surface area contributed by atoms with Gasteiger partial charge in [0.15, 0.2) is 0 Å². The molecule has 0 N–H and O–H groups in total. The fraction of sp³-hybridized carbons (Fsp3) is 0.857. The average Bonchev–Trinajstić information content (AvgIpc) is 2.29. The van der Waals surface area contributed by atoms with Crippen molar-refractivity contribution in [2.45, 2.75) is 25.2 Å². The minimum atomic E-state index is 0.117. The van der Waals surface area contributed by atoms with Crippen LogP contribution in [0.25, 0.3) is 0 Å². The van der Waals surface area contributed by atoms with E-state index in [1.54, 1.807) is 0 Å². The second-order valence-electron chi connectivity index (χ2n) is 2.94. The van der Waals surface area contributed by atoms with Crippen LogP contribution in [0.15, 0.2) is 0 Å². The van der Waals surface area contributed by atoms with Gasteiger partial charge in [0.05, 0.1) is 12.5 Å². The van der Waals surface area contributed by atoms with Crippen molar-refractivity contribution in [3.8, 4) is 0 Å². The number of carbonyl (C=O) groups excluding carboxylic acids is 1. The summed E-state index contributed by atoms with van der Waals surface area (Å²) in [5, 5.41) is 0.951. The Bertz CT molecular complexity index is 185. The maximum absolute atomic E-state index is 10.9. The molecule has 2 unspecified atom stereocenters. The lowest BCUT2D eigenvalue weighted by molar-refractivity contribution is -0.156. The molecule has 0 bridgehead atoms. The standard InChI is InChI=1S/C7H10BrNO2/c8-2-1-5-4-9-6(10)3-7(9)11-5/h5,7H,1-4H2. The monoisotopic (exact) mass is 219 g/mol. The summed E-state index contributed by atoms with van der Waals surface area (Å²) in [6.07, 6.45) is 1.98. The summed E-state index contributed by atoms with van der Waals surface area (Å²) in [6.45, 7) is 0.801. The molecule has 2 aliphatic heterocycles. The van der Waals surface area contributed by atoms with Crippen LogP contribution in [0.2, 0.25) is 0 Å². The van der Waals surface area contributed by atoms with Crippen LogP contribution in [0.4, 0.5) is 0 Å². The minimum Gasteiger partial charge on any atom is -0.353 e. The van der Waals surface area contributed by atoms with Gasteiger partial charge in [-0.05, 0) is 6.42 Å². The van der Waals surface area contributed by atoms with E-state index in [2.05, 4.69) is 15.9 Å². The summed E-state index contributed by atoms with van der Waals surface area (Å²) in [4.78, 5) is 12.7. The highest BCUT2D eigenvalue weighted by Gasteiger charge is 2.44. The first-order valence-electron chi connectivity index (χ1n) is 3.82. The van der Waals surface area contributed by atoms with Crippen molar-refractivity contribution >= 4 is 21.8 Å². The van der Waals surface area contributed by atoms with Crippen LogP contribution in [0.5, 0.6) is 0 Å². The summed E-state index contributed by atoms with van der Waals surface area (Å²) in [7, 11) is 0. The van der Waals surface area contributed by atoms with Gasteiger partial charge in [0, 0.05) is 11.9 Å². The van der Waals surface area contributed by atoms with Crippen LogP contribution in [0.3, 0.4) is 0 Å². The molecule has 1 amide bonds. The van der Waals surface area contributed by atoms with E-state index >= 15 is 0 Å². The number of ether oxygens (including phenoxy) is 1. The Morgan fingerprint density at radius 1 is 1.73 bits per heavy atom. The van der Waals surface area contributed by atoms with E-state index in [0.29, 0.717) is 6.42 Å². The third-order valence-corrected chi connectivity index (χ3v) is 2.66. The zero-order valence-corrected chi connectivity index (χ0v) is 7.71. The van der Waals surface area contributed by atoms with Gasteiger partial charge < -0.3 is 9.64 Å². The number of alkyl halides is 1. The van der Waals surface area contributed by atoms with Crippen LogP contribution in [0.1, 0.15) is 12.8 Å². The molecule has 0 aliphatic carbocycles. The number of halogens is 1. The van der Waals surface area contributed by atoms with E-state index < -0.39 is 0 Å². The topological polar surface area (TPSA) is 29.5 Å². The molecular weight excluding hydrogens is 210 g/mol. The van der Waals surface area contributed by atoms with Gasteiger partial charge in [0.1, 0.15) is 6.23 Å². The van der Waals surface area contributed by atoms with Crippen molar-refractivity contribution in [3.05, 3.63) is 0 Å². The number of fused-ring (bicyclic) bond motifs is 1. The number of hydrogen-bond donors (Lipinski definition) is 0. The first-order valence-corrected chi connectivity index (χ1v) is 4.94. The van der Waals surface area contributed by atoms with E-state index in [1.165, 1.54) is 0 Å². The third kappa shape index (κ3) is 1.18. The largest absolute Gasteiger partial charge is 0.353 e. The predicted molar refractivity (Wildman–Crippen MR) is 43.4 cm³/mol. The summed E-state index contributed by atoms with van der Waals surface area (Å²) in [5.74, 6) is 0.243. The molecule has 4 heteroatoms. The lowest BCUT2D eigenvalue weighted by Gasteiger charge is -2.31. The van der Waals surface area contributed by atoms with Gasteiger partial charge >= 0.3 is 0 Å². The van der Waals surface area contributed by atoms with Crippen molar-refractivity contribution in [1.29, 1.82) is 0 Å². The lowest BCUT2D eigenvalue weighted by Crippen LogP contribution is -2.48. The van der Waals surface area contributed by atoms with Crippen LogP contribution in [-0.2, 0) is 9.53 Å². The maximum atomic E-state index is 10.9.